The van der Waals surface area contributed by atoms with Gasteiger partial charge >= 0.3 is 5.97 Å². The van der Waals surface area contributed by atoms with Gasteiger partial charge in [-0.15, -0.1) is 0 Å². The van der Waals surface area contributed by atoms with Crippen LogP contribution in [0.4, 0.5) is 0 Å². The Hall–Kier alpha value is -1.66. The molecule has 0 radical (unpaired) electrons. The summed E-state index contributed by atoms with van der Waals surface area (Å²) in [5, 5.41) is 23.4. The van der Waals surface area contributed by atoms with Gasteiger partial charge in [0.25, 0.3) is 0 Å². The van der Waals surface area contributed by atoms with Crippen molar-refractivity contribution >= 4 is 11.9 Å². The standard InChI is InChI=1S/C86H167NO5/c1-3-5-7-9-11-13-15-17-19-21-46-50-54-58-62-66-70-74-78-84(89)83(82-88)87-85(90)79-75-71-67-63-59-55-51-47-44-42-40-38-36-34-32-30-28-26-24-23-25-27-29-31-33-35-37-39-41-43-45-49-53-57-61-65-69-73-77-81-92-86(91)80-76-72-68-64-60-56-52-48-22-20-18-16-14-12-10-8-6-4-2/h20,22-24,83-84,88-89H,3-19,21,25-82H2,1-2H3,(H,87,90)/b22-20-,24-23-. The fourth-order valence-corrected chi connectivity index (χ4v) is 13.8. The number of ether oxygens (including phenoxy) is 1. The first-order chi connectivity index (χ1) is 45.5. The number of aliphatic hydroxyl groups excluding tert-OH is 2. The molecule has 546 valence electrons. The topological polar surface area (TPSA) is 95.9 Å². The number of esters is 1. The van der Waals surface area contributed by atoms with Gasteiger partial charge in [-0.25, -0.2) is 0 Å². The molecule has 2 unspecified atom stereocenters. The predicted molar refractivity (Wildman–Crippen MR) is 407 cm³/mol. The van der Waals surface area contributed by atoms with Gasteiger partial charge in [0.15, 0.2) is 0 Å². The lowest BCUT2D eigenvalue weighted by Crippen LogP contribution is -2.45. The second-order valence-electron chi connectivity index (χ2n) is 29.5. The summed E-state index contributed by atoms with van der Waals surface area (Å²) in [6.45, 7) is 5.01. The molecular formula is C86H167NO5. The molecule has 0 saturated carbocycles. The molecular weight excluding hydrogens is 1130 g/mol. The highest BCUT2D eigenvalue weighted by molar-refractivity contribution is 5.76. The van der Waals surface area contributed by atoms with E-state index >= 15 is 0 Å². The van der Waals surface area contributed by atoms with Crippen molar-refractivity contribution in [1.82, 2.24) is 5.32 Å². The minimum Gasteiger partial charge on any atom is -0.466 e. The van der Waals surface area contributed by atoms with Crippen LogP contribution < -0.4 is 5.32 Å². The van der Waals surface area contributed by atoms with Gasteiger partial charge in [0, 0.05) is 12.8 Å². The van der Waals surface area contributed by atoms with E-state index in [1.54, 1.807) is 0 Å². The number of carbonyl (C=O) groups excluding carboxylic acids is 2. The molecule has 0 aliphatic carbocycles. The average molecular weight is 1300 g/mol. The number of rotatable bonds is 81. The maximum atomic E-state index is 12.6. The molecule has 6 nitrogen and oxygen atoms in total. The molecule has 0 spiro atoms. The molecule has 0 saturated heterocycles. The number of carbonyl (C=O) groups is 2. The van der Waals surface area contributed by atoms with E-state index in [1.807, 2.05) is 0 Å². The summed E-state index contributed by atoms with van der Waals surface area (Å²) in [6, 6.07) is -0.538. The van der Waals surface area contributed by atoms with E-state index in [0.29, 0.717) is 25.9 Å². The summed E-state index contributed by atoms with van der Waals surface area (Å²) >= 11 is 0. The zero-order chi connectivity index (χ0) is 66.3. The third-order valence-corrected chi connectivity index (χ3v) is 20.2. The van der Waals surface area contributed by atoms with Crippen molar-refractivity contribution in [2.75, 3.05) is 13.2 Å². The van der Waals surface area contributed by atoms with Crippen LogP contribution in [0.1, 0.15) is 489 Å². The molecule has 6 heteroatoms. The normalized spacial score (nSPS) is 12.5. The van der Waals surface area contributed by atoms with E-state index in [0.717, 1.165) is 38.5 Å². The molecule has 0 fully saturated rings. The van der Waals surface area contributed by atoms with Gasteiger partial charge in [0.1, 0.15) is 0 Å². The fourth-order valence-electron chi connectivity index (χ4n) is 13.8. The Labute approximate surface area is 577 Å². The monoisotopic (exact) mass is 1290 g/mol. The molecule has 0 bridgehead atoms. The summed E-state index contributed by atoms with van der Waals surface area (Å²) in [4.78, 5) is 24.7. The van der Waals surface area contributed by atoms with Crippen LogP contribution in [0.15, 0.2) is 24.3 Å². The van der Waals surface area contributed by atoms with E-state index in [9.17, 15) is 19.8 Å². The predicted octanol–water partition coefficient (Wildman–Crippen LogP) is 28.4. The second-order valence-corrected chi connectivity index (χ2v) is 29.5. The van der Waals surface area contributed by atoms with Crippen LogP contribution in [0.3, 0.4) is 0 Å². The van der Waals surface area contributed by atoms with E-state index in [-0.39, 0.29) is 18.5 Å². The van der Waals surface area contributed by atoms with Crippen molar-refractivity contribution in [3.8, 4) is 0 Å². The van der Waals surface area contributed by atoms with Gasteiger partial charge in [-0.05, 0) is 77.0 Å². The van der Waals surface area contributed by atoms with E-state index in [2.05, 4.69) is 43.5 Å². The van der Waals surface area contributed by atoms with Crippen molar-refractivity contribution in [2.24, 2.45) is 0 Å². The Bertz CT molecular complexity index is 1450. The smallest absolute Gasteiger partial charge is 0.305 e. The highest BCUT2D eigenvalue weighted by Gasteiger charge is 2.20. The molecule has 0 rings (SSSR count). The minimum atomic E-state index is -0.662. The summed E-state index contributed by atoms with van der Waals surface area (Å²) in [6.07, 6.45) is 106. The maximum absolute atomic E-state index is 12.6. The first kappa shape index (κ1) is 90.3. The number of unbranched alkanes of at least 4 members (excludes halogenated alkanes) is 66. The van der Waals surface area contributed by atoms with Crippen LogP contribution in [0, 0.1) is 0 Å². The number of allylic oxidation sites excluding steroid dienone is 4. The molecule has 0 heterocycles. The van der Waals surface area contributed by atoms with Gasteiger partial charge < -0.3 is 20.3 Å². The number of nitrogens with one attached hydrogen (secondary N) is 1. The largest absolute Gasteiger partial charge is 0.466 e. The zero-order valence-electron chi connectivity index (χ0n) is 62.8. The van der Waals surface area contributed by atoms with Gasteiger partial charge in [-0.2, -0.15) is 0 Å². The Balaban J connectivity index is 3.31. The van der Waals surface area contributed by atoms with Crippen LogP contribution in [0.25, 0.3) is 0 Å². The quantitative estimate of drug-likeness (QED) is 0.0320. The summed E-state index contributed by atoms with van der Waals surface area (Å²) in [7, 11) is 0. The Morgan fingerprint density at radius 3 is 0.772 bits per heavy atom. The number of amides is 1. The van der Waals surface area contributed by atoms with Crippen LogP contribution in [-0.2, 0) is 14.3 Å². The first-order valence-corrected chi connectivity index (χ1v) is 42.6. The number of aliphatic hydroxyl groups is 2. The van der Waals surface area contributed by atoms with E-state index in [1.165, 1.54) is 417 Å². The first-order valence-electron chi connectivity index (χ1n) is 42.6. The van der Waals surface area contributed by atoms with E-state index < -0.39 is 12.1 Å². The van der Waals surface area contributed by atoms with Crippen molar-refractivity contribution in [3.05, 3.63) is 24.3 Å². The number of hydrogen-bond acceptors (Lipinski definition) is 5. The zero-order valence-corrected chi connectivity index (χ0v) is 62.8. The Morgan fingerprint density at radius 1 is 0.293 bits per heavy atom. The molecule has 0 aromatic heterocycles. The third-order valence-electron chi connectivity index (χ3n) is 20.2. The minimum absolute atomic E-state index is 0.0207. The molecule has 0 aromatic rings. The summed E-state index contributed by atoms with van der Waals surface area (Å²) in [5.74, 6) is -0.00500. The maximum Gasteiger partial charge on any atom is 0.305 e. The molecule has 3 N–H and O–H groups in total. The molecule has 1 amide bonds. The molecule has 0 aliphatic heterocycles. The van der Waals surface area contributed by atoms with Crippen LogP contribution in [-0.4, -0.2) is 47.4 Å². The van der Waals surface area contributed by atoms with E-state index in [4.69, 9.17) is 4.74 Å². The highest BCUT2D eigenvalue weighted by atomic mass is 16.5. The lowest BCUT2D eigenvalue weighted by molar-refractivity contribution is -0.143. The van der Waals surface area contributed by atoms with Gasteiger partial charge in [0.2, 0.25) is 5.91 Å². The van der Waals surface area contributed by atoms with Crippen molar-refractivity contribution in [3.63, 3.8) is 0 Å². The van der Waals surface area contributed by atoms with Gasteiger partial charge in [-0.1, -0.05) is 423 Å². The highest BCUT2D eigenvalue weighted by Crippen LogP contribution is 2.21. The SMILES string of the molecule is CCCCCCCCC/C=C\CCCCCCCCCC(=O)OCCCCCCCCCCCCCCCCCCCC/C=C\CCCCCCCCCCCCCCCCCCCC(=O)NC(CO)C(O)CCCCCCCCCCCCCCCCCCCC. The van der Waals surface area contributed by atoms with Crippen molar-refractivity contribution in [1.29, 1.82) is 0 Å². The second kappa shape index (κ2) is 81.8. The molecule has 0 aliphatic rings. The average Bonchev–Trinajstić information content (AvgIpc) is 3.61. The Morgan fingerprint density at radius 2 is 0.511 bits per heavy atom. The summed E-state index contributed by atoms with van der Waals surface area (Å²) in [5.41, 5.74) is 0. The number of hydrogen-bond donors (Lipinski definition) is 3. The third kappa shape index (κ3) is 77.3. The molecule has 2 atom stereocenters. The fraction of sp³-hybridized carbons (Fsp3) is 0.930. The lowest BCUT2D eigenvalue weighted by atomic mass is 10.0. The Kier molecular flexibility index (Phi) is 80.3. The van der Waals surface area contributed by atoms with Crippen LogP contribution in [0.2, 0.25) is 0 Å². The summed E-state index contributed by atoms with van der Waals surface area (Å²) < 4.78 is 5.52. The molecule has 0 aromatic carbocycles. The van der Waals surface area contributed by atoms with Gasteiger partial charge in [-0.3, -0.25) is 9.59 Å². The van der Waals surface area contributed by atoms with Crippen LogP contribution in [0.5, 0.6) is 0 Å². The lowest BCUT2D eigenvalue weighted by Gasteiger charge is -2.22. The van der Waals surface area contributed by atoms with Crippen LogP contribution >= 0.6 is 0 Å². The van der Waals surface area contributed by atoms with Crippen molar-refractivity contribution < 1.29 is 24.5 Å². The van der Waals surface area contributed by atoms with Crippen molar-refractivity contribution in [2.45, 2.75) is 501 Å². The molecule has 92 heavy (non-hydrogen) atoms. The van der Waals surface area contributed by atoms with Gasteiger partial charge in [0.05, 0.1) is 25.4 Å².